The Balaban J connectivity index is 3.29. The Morgan fingerprint density at radius 3 is 2.17 bits per heavy atom. The predicted octanol–water partition coefficient (Wildman–Crippen LogP) is 0.392. The molecule has 0 bridgehead atoms. The lowest BCUT2D eigenvalue weighted by molar-refractivity contribution is -0.143. The van der Waals surface area contributed by atoms with Crippen molar-refractivity contribution in [2.24, 2.45) is 0 Å². The molecule has 0 atom stereocenters. The van der Waals surface area contributed by atoms with Crippen LogP contribution in [0.25, 0.3) is 0 Å². The quantitative estimate of drug-likeness (QED) is 0.490. The standard InChI is InChI=1S/C6H11O5S/c7-6(8)4-2-1-3-5-12(9,10)11/h1-5H2,(H,9,10,11). The second-order valence-electron chi connectivity index (χ2n) is 2.47. The van der Waals surface area contributed by atoms with Gasteiger partial charge in [0, 0.05) is 0 Å². The minimum atomic E-state index is -3.89. The molecular formula is C6H11O5S. The van der Waals surface area contributed by atoms with Crippen molar-refractivity contribution in [1.82, 2.24) is 0 Å². The zero-order valence-electron chi connectivity index (χ0n) is 6.52. The first-order valence-electron chi connectivity index (χ1n) is 3.57. The molecule has 0 saturated heterocycles. The fourth-order valence-electron chi connectivity index (χ4n) is 0.731. The number of hydrogen-bond acceptors (Lipinski definition) is 3. The first kappa shape index (κ1) is 11.4. The maximum absolute atomic E-state index is 10.2. The van der Waals surface area contributed by atoms with Gasteiger partial charge in [0.05, 0.1) is 12.2 Å². The Morgan fingerprint density at radius 2 is 1.75 bits per heavy atom. The Labute approximate surface area is 71.1 Å². The molecule has 1 N–H and O–H groups in total. The largest absolute Gasteiger partial charge is 0.355 e. The van der Waals surface area contributed by atoms with Crippen molar-refractivity contribution >= 4 is 16.1 Å². The summed E-state index contributed by atoms with van der Waals surface area (Å²) in [6.45, 7) is 0. The molecule has 0 aliphatic rings. The van der Waals surface area contributed by atoms with Crippen molar-refractivity contribution < 1.29 is 22.9 Å². The maximum Gasteiger partial charge on any atom is 0.355 e. The monoisotopic (exact) mass is 195 g/mol. The molecule has 5 nitrogen and oxygen atoms in total. The molecular weight excluding hydrogens is 184 g/mol. The van der Waals surface area contributed by atoms with E-state index in [2.05, 4.69) is 0 Å². The van der Waals surface area contributed by atoms with Crippen molar-refractivity contribution in [3.8, 4) is 0 Å². The number of unbranched alkanes of at least 4 members (excludes halogenated alkanes) is 2. The second kappa shape index (κ2) is 5.10. The number of carbonyl (C=O) groups is 1. The van der Waals surface area contributed by atoms with Crippen LogP contribution < -0.4 is 0 Å². The predicted molar refractivity (Wildman–Crippen MR) is 40.6 cm³/mol. The highest BCUT2D eigenvalue weighted by molar-refractivity contribution is 7.85. The summed E-state index contributed by atoms with van der Waals surface area (Å²) in [6, 6.07) is 0. The van der Waals surface area contributed by atoms with E-state index >= 15 is 0 Å². The van der Waals surface area contributed by atoms with Gasteiger partial charge in [0.1, 0.15) is 0 Å². The first-order chi connectivity index (χ1) is 5.42. The van der Waals surface area contributed by atoms with Gasteiger partial charge < -0.3 is 0 Å². The molecule has 1 radical (unpaired) electrons. The van der Waals surface area contributed by atoms with Crippen LogP contribution in [0.2, 0.25) is 0 Å². The highest BCUT2D eigenvalue weighted by atomic mass is 32.2. The number of carbonyl (C=O) groups excluding carboxylic acids is 1. The molecule has 71 valence electrons. The summed E-state index contributed by atoms with van der Waals surface area (Å²) in [5.41, 5.74) is 0. The summed E-state index contributed by atoms with van der Waals surface area (Å²) < 4.78 is 28.6. The molecule has 0 saturated carbocycles. The molecule has 0 heterocycles. The van der Waals surface area contributed by atoms with Crippen molar-refractivity contribution in [3.05, 3.63) is 0 Å². The summed E-state index contributed by atoms with van der Waals surface area (Å²) in [7, 11) is -3.89. The third kappa shape index (κ3) is 9.38. The highest BCUT2D eigenvalue weighted by Gasteiger charge is 2.04. The fraction of sp³-hybridized carbons (Fsp3) is 0.833. The minimum absolute atomic E-state index is 0.0640. The summed E-state index contributed by atoms with van der Waals surface area (Å²) in [4.78, 5) is 9.88. The first-order valence-corrected chi connectivity index (χ1v) is 5.18. The van der Waals surface area contributed by atoms with Gasteiger partial charge in [0.2, 0.25) is 0 Å². The second-order valence-corrected chi connectivity index (χ2v) is 4.04. The number of rotatable bonds is 6. The lowest BCUT2D eigenvalue weighted by Crippen LogP contribution is -2.03. The third-order valence-corrected chi connectivity index (χ3v) is 2.09. The van der Waals surface area contributed by atoms with Crippen LogP contribution in [0.5, 0.6) is 0 Å². The maximum atomic E-state index is 10.2. The van der Waals surface area contributed by atoms with Crippen LogP contribution in [0.4, 0.5) is 0 Å². The molecule has 0 aliphatic heterocycles. The van der Waals surface area contributed by atoms with Crippen LogP contribution in [0.1, 0.15) is 25.7 Å². The van der Waals surface area contributed by atoms with Crippen LogP contribution in [-0.2, 0) is 20.0 Å². The van der Waals surface area contributed by atoms with Gasteiger partial charge in [0.15, 0.2) is 0 Å². The zero-order chi connectivity index (χ0) is 9.61. The molecule has 0 spiro atoms. The van der Waals surface area contributed by atoms with Crippen molar-refractivity contribution in [2.75, 3.05) is 5.75 Å². The fourth-order valence-corrected chi connectivity index (χ4v) is 1.30. The third-order valence-electron chi connectivity index (χ3n) is 1.28. The normalized spacial score (nSPS) is 11.4. The number of hydrogen-bond donors (Lipinski definition) is 1. The topological polar surface area (TPSA) is 91.3 Å². The van der Waals surface area contributed by atoms with Crippen LogP contribution >= 0.6 is 0 Å². The van der Waals surface area contributed by atoms with E-state index in [4.69, 9.17) is 4.55 Å². The molecule has 12 heavy (non-hydrogen) atoms. The van der Waals surface area contributed by atoms with E-state index in [1.807, 2.05) is 0 Å². The molecule has 0 aromatic heterocycles. The van der Waals surface area contributed by atoms with Crippen molar-refractivity contribution in [2.45, 2.75) is 25.7 Å². The average molecular weight is 195 g/mol. The summed E-state index contributed by atoms with van der Waals surface area (Å²) >= 11 is 0. The zero-order valence-corrected chi connectivity index (χ0v) is 7.34. The molecule has 0 aromatic carbocycles. The lowest BCUT2D eigenvalue weighted by Gasteiger charge is -1.95. The Hall–Kier alpha value is -0.620. The van der Waals surface area contributed by atoms with E-state index in [1.165, 1.54) is 0 Å². The van der Waals surface area contributed by atoms with Crippen LogP contribution in [0.15, 0.2) is 0 Å². The summed E-state index contributed by atoms with van der Waals surface area (Å²) in [6.07, 6.45) is 1.07. The van der Waals surface area contributed by atoms with Gasteiger partial charge >= 0.3 is 5.97 Å². The van der Waals surface area contributed by atoms with E-state index in [9.17, 15) is 18.3 Å². The lowest BCUT2D eigenvalue weighted by atomic mass is 10.2. The molecule has 0 aliphatic carbocycles. The molecule has 0 fully saturated rings. The molecule has 0 aromatic rings. The van der Waals surface area contributed by atoms with Gasteiger partial charge in [-0.25, -0.2) is 9.90 Å². The van der Waals surface area contributed by atoms with E-state index in [1.54, 1.807) is 0 Å². The molecule has 0 unspecified atom stereocenters. The van der Waals surface area contributed by atoms with Gasteiger partial charge in [-0.2, -0.15) is 8.42 Å². The summed E-state index contributed by atoms with van der Waals surface area (Å²) in [5.74, 6) is -1.44. The van der Waals surface area contributed by atoms with Gasteiger partial charge in [0.25, 0.3) is 10.1 Å². The molecule has 6 heteroatoms. The van der Waals surface area contributed by atoms with Gasteiger partial charge in [-0.05, 0) is 12.8 Å². The smallest absolute Gasteiger partial charge is 0.286 e. The highest BCUT2D eigenvalue weighted by Crippen LogP contribution is 2.01. The Morgan fingerprint density at radius 1 is 1.17 bits per heavy atom. The van der Waals surface area contributed by atoms with E-state index in [-0.39, 0.29) is 18.6 Å². The van der Waals surface area contributed by atoms with Crippen molar-refractivity contribution in [3.63, 3.8) is 0 Å². The van der Waals surface area contributed by atoms with Gasteiger partial charge in [-0.15, -0.1) is 0 Å². The van der Waals surface area contributed by atoms with E-state index in [0.29, 0.717) is 12.8 Å². The Bertz CT molecular complexity index is 230. The minimum Gasteiger partial charge on any atom is -0.286 e. The average Bonchev–Trinajstić information content (AvgIpc) is 1.83. The summed E-state index contributed by atoms with van der Waals surface area (Å²) in [5, 5.41) is 9.88. The van der Waals surface area contributed by atoms with Crippen LogP contribution in [0.3, 0.4) is 0 Å². The van der Waals surface area contributed by atoms with E-state index in [0.717, 1.165) is 0 Å². The van der Waals surface area contributed by atoms with Crippen LogP contribution in [0, 0.1) is 0 Å². The van der Waals surface area contributed by atoms with E-state index < -0.39 is 16.1 Å². The van der Waals surface area contributed by atoms with Gasteiger partial charge in [-0.3, -0.25) is 4.55 Å². The molecule has 0 rings (SSSR count). The molecule has 0 amide bonds. The van der Waals surface area contributed by atoms with Crippen molar-refractivity contribution in [1.29, 1.82) is 0 Å². The Kier molecular flexibility index (Phi) is 4.84. The van der Waals surface area contributed by atoms with Gasteiger partial charge in [-0.1, -0.05) is 6.42 Å². The van der Waals surface area contributed by atoms with Crippen LogP contribution in [-0.4, -0.2) is 24.7 Å². The SMILES string of the molecule is [O]C(=O)CCCCCS(=O)(=O)O.